The van der Waals surface area contributed by atoms with Gasteiger partial charge in [-0.1, -0.05) is 16.5 Å². The van der Waals surface area contributed by atoms with Gasteiger partial charge in [0.15, 0.2) is 5.82 Å². The van der Waals surface area contributed by atoms with Crippen molar-refractivity contribution in [1.82, 2.24) is 19.8 Å². The van der Waals surface area contributed by atoms with Crippen LogP contribution in [-0.2, 0) is 4.79 Å². The summed E-state index contributed by atoms with van der Waals surface area (Å²) in [5.41, 5.74) is 0.919. The fraction of sp³-hybridized carbons (Fsp3) is 0.333. The minimum atomic E-state index is -0.185. The fourth-order valence-electron chi connectivity index (χ4n) is 1.84. The number of likely N-dealkylation sites (N-methyl/N-ethyl adjacent to an activating group) is 1. The maximum Gasteiger partial charge on any atom is 0.245 e. The van der Waals surface area contributed by atoms with Crippen LogP contribution in [0.25, 0.3) is 4.96 Å². The van der Waals surface area contributed by atoms with Gasteiger partial charge < -0.3 is 14.7 Å². The number of nitrogens with one attached hydrogen (secondary N) is 1. The average Bonchev–Trinajstić information content (AvgIpc) is 3.03. The number of hydrogen-bond donors (Lipinski definition) is 1. The SMILES string of the molecule is Cc1cn2nc(N(C)CC(=O)Nc3cc(C)on3)sc2n1. The summed E-state index contributed by atoms with van der Waals surface area (Å²) < 4.78 is 6.61. The summed E-state index contributed by atoms with van der Waals surface area (Å²) >= 11 is 1.43. The van der Waals surface area contributed by atoms with Crippen molar-refractivity contribution in [3.05, 3.63) is 23.7 Å². The number of amides is 1. The Kier molecular flexibility index (Phi) is 3.34. The van der Waals surface area contributed by atoms with Crippen molar-refractivity contribution in [1.29, 1.82) is 0 Å². The van der Waals surface area contributed by atoms with Crippen LogP contribution in [0.3, 0.4) is 0 Å². The van der Waals surface area contributed by atoms with E-state index in [2.05, 4.69) is 20.6 Å². The van der Waals surface area contributed by atoms with E-state index < -0.39 is 0 Å². The first-order valence-electron chi connectivity index (χ1n) is 6.28. The van der Waals surface area contributed by atoms with E-state index in [9.17, 15) is 4.79 Å². The summed E-state index contributed by atoms with van der Waals surface area (Å²) in [4.78, 5) is 18.8. The highest BCUT2D eigenvalue weighted by Crippen LogP contribution is 2.21. The lowest BCUT2D eigenvalue weighted by Crippen LogP contribution is -2.30. The predicted octanol–water partition coefficient (Wildman–Crippen LogP) is 1.47. The van der Waals surface area contributed by atoms with E-state index in [-0.39, 0.29) is 12.5 Å². The number of fused-ring (bicyclic) bond motifs is 1. The number of imidazole rings is 1. The van der Waals surface area contributed by atoms with E-state index in [0.717, 1.165) is 15.8 Å². The molecule has 3 rings (SSSR count). The molecular weight excluding hydrogens is 292 g/mol. The molecule has 0 aromatic carbocycles. The Bertz CT molecular complexity index is 757. The van der Waals surface area contributed by atoms with Crippen LogP contribution < -0.4 is 10.2 Å². The molecule has 0 atom stereocenters. The van der Waals surface area contributed by atoms with Crippen LogP contribution >= 0.6 is 11.3 Å². The molecule has 0 saturated heterocycles. The number of aryl methyl sites for hydroxylation is 2. The van der Waals surface area contributed by atoms with Gasteiger partial charge in [-0.05, 0) is 13.8 Å². The fourth-order valence-corrected chi connectivity index (χ4v) is 2.73. The van der Waals surface area contributed by atoms with Gasteiger partial charge in [0.05, 0.1) is 18.4 Å². The Hall–Kier alpha value is -2.42. The van der Waals surface area contributed by atoms with Crippen LogP contribution in [0.2, 0.25) is 0 Å². The highest BCUT2D eigenvalue weighted by Gasteiger charge is 2.14. The average molecular weight is 306 g/mol. The molecule has 0 aliphatic carbocycles. The summed E-state index contributed by atoms with van der Waals surface area (Å²) in [7, 11) is 1.80. The van der Waals surface area contributed by atoms with Gasteiger partial charge in [-0.15, -0.1) is 5.10 Å². The smallest absolute Gasteiger partial charge is 0.245 e. The molecule has 9 heteroatoms. The summed E-state index contributed by atoms with van der Waals surface area (Å²) in [6.07, 6.45) is 1.85. The van der Waals surface area contributed by atoms with Crippen molar-refractivity contribution in [3.8, 4) is 0 Å². The highest BCUT2D eigenvalue weighted by atomic mass is 32.1. The third-order valence-electron chi connectivity index (χ3n) is 2.76. The zero-order chi connectivity index (χ0) is 15.0. The third kappa shape index (κ3) is 2.87. The van der Waals surface area contributed by atoms with E-state index in [1.54, 1.807) is 29.5 Å². The monoisotopic (exact) mass is 306 g/mol. The van der Waals surface area contributed by atoms with Gasteiger partial charge in [-0.2, -0.15) is 0 Å². The van der Waals surface area contributed by atoms with E-state index in [1.165, 1.54) is 11.3 Å². The van der Waals surface area contributed by atoms with Crippen molar-refractivity contribution < 1.29 is 9.32 Å². The first-order valence-corrected chi connectivity index (χ1v) is 7.10. The van der Waals surface area contributed by atoms with Crippen LogP contribution in [0.5, 0.6) is 0 Å². The third-order valence-corrected chi connectivity index (χ3v) is 3.79. The lowest BCUT2D eigenvalue weighted by atomic mass is 10.4. The number of carbonyl (C=O) groups is 1. The van der Waals surface area contributed by atoms with Gasteiger partial charge in [0.25, 0.3) is 0 Å². The van der Waals surface area contributed by atoms with Gasteiger partial charge in [-0.25, -0.2) is 9.50 Å². The molecule has 0 aliphatic rings. The Morgan fingerprint density at radius 3 is 3.00 bits per heavy atom. The molecule has 110 valence electrons. The van der Waals surface area contributed by atoms with Gasteiger partial charge >= 0.3 is 0 Å². The highest BCUT2D eigenvalue weighted by molar-refractivity contribution is 7.20. The zero-order valence-electron chi connectivity index (χ0n) is 11.8. The molecule has 3 aromatic rings. The van der Waals surface area contributed by atoms with Gasteiger partial charge in [0.1, 0.15) is 5.76 Å². The van der Waals surface area contributed by atoms with E-state index in [4.69, 9.17) is 4.52 Å². The normalized spacial score (nSPS) is 11.0. The standard InChI is InChI=1S/C12H14N6O2S/c1-7-5-18-11(13-7)21-12(15-18)17(3)6-10(19)14-9-4-8(2)20-16-9/h4-5H,6H2,1-3H3,(H,14,16,19). The van der Waals surface area contributed by atoms with Crippen molar-refractivity contribution >= 4 is 33.2 Å². The van der Waals surface area contributed by atoms with Gasteiger partial charge in [0, 0.05) is 13.1 Å². The van der Waals surface area contributed by atoms with E-state index in [1.807, 2.05) is 13.1 Å². The summed E-state index contributed by atoms with van der Waals surface area (Å²) in [5.74, 6) is 0.875. The number of rotatable bonds is 4. The molecule has 1 N–H and O–H groups in total. The summed E-state index contributed by atoms with van der Waals surface area (Å²) in [6.45, 7) is 3.85. The van der Waals surface area contributed by atoms with Gasteiger partial charge in [-0.3, -0.25) is 4.79 Å². The van der Waals surface area contributed by atoms with Crippen molar-refractivity contribution in [2.24, 2.45) is 0 Å². The molecule has 0 spiro atoms. The van der Waals surface area contributed by atoms with E-state index in [0.29, 0.717) is 11.6 Å². The maximum absolute atomic E-state index is 11.9. The molecule has 0 saturated carbocycles. The molecule has 1 amide bonds. The molecule has 0 fully saturated rings. The maximum atomic E-state index is 11.9. The molecule has 0 bridgehead atoms. The number of carbonyl (C=O) groups excluding carboxylic acids is 1. The second kappa shape index (κ2) is 5.17. The lowest BCUT2D eigenvalue weighted by molar-refractivity contribution is -0.115. The van der Waals surface area contributed by atoms with Crippen LogP contribution in [0.4, 0.5) is 10.9 Å². The molecule has 21 heavy (non-hydrogen) atoms. The summed E-state index contributed by atoms with van der Waals surface area (Å²) in [6, 6.07) is 1.66. The van der Waals surface area contributed by atoms with Crippen LogP contribution in [0.15, 0.2) is 16.8 Å². The molecule has 0 unspecified atom stereocenters. The molecule has 3 heterocycles. The Labute approximate surface area is 124 Å². The predicted molar refractivity (Wildman–Crippen MR) is 78.7 cm³/mol. The second-order valence-corrected chi connectivity index (χ2v) is 5.66. The number of anilines is 2. The largest absolute Gasteiger partial charge is 0.360 e. The zero-order valence-corrected chi connectivity index (χ0v) is 12.6. The minimum Gasteiger partial charge on any atom is -0.360 e. The van der Waals surface area contributed by atoms with Crippen LogP contribution in [-0.4, -0.2) is 39.3 Å². The first-order chi connectivity index (χ1) is 10.0. The Morgan fingerprint density at radius 2 is 2.33 bits per heavy atom. The minimum absolute atomic E-state index is 0.168. The quantitative estimate of drug-likeness (QED) is 0.785. The molecule has 8 nitrogen and oxygen atoms in total. The van der Waals surface area contributed by atoms with E-state index >= 15 is 0 Å². The van der Waals surface area contributed by atoms with Crippen molar-refractivity contribution in [2.45, 2.75) is 13.8 Å². The number of nitrogens with zero attached hydrogens (tertiary/aromatic N) is 5. The Morgan fingerprint density at radius 1 is 1.52 bits per heavy atom. The molecule has 0 radical (unpaired) electrons. The van der Waals surface area contributed by atoms with Gasteiger partial charge in [0.2, 0.25) is 16.0 Å². The van der Waals surface area contributed by atoms with Crippen LogP contribution in [0, 0.1) is 13.8 Å². The molecule has 0 aliphatic heterocycles. The molecule has 3 aromatic heterocycles. The lowest BCUT2D eigenvalue weighted by Gasteiger charge is -2.13. The van der Waals surface area contributed by atoms with Crippen LogP contribution in [0.1, 0.15) is 11.5 Å². The number of hydrogen-bond acceptors (Lipinski definition) is 7. The first kappa shape index (κ1) is 13.6. The van der Waals surface area contributed by atoms with Crippen molar-refractivity contribution in [2.75, 3.05) is 23.8 Å². The molecular formula is C12H14N6O2S. The van der Waals surface area contributed by atoms with Crippen molar-refractivity contribution in [3.63, 3.8) is 0 Å². The second-order valence-electron chi connectivity index (χ2n) is 4.72. The Balaban J connectivity index is 1.65. The topological polar surface area (TPSA) is 88.6 Å². The summed E-state index contributed by atoms with van der Waals surface area (Å²) in [5, 5.41) is 11.5. The number of aromatic nitrogens is 4.